The van der Waals surface area contributed by atoms with E-state index in [0.717, 1.165) is 24.3 Å². The van der Waals surface area contributed by atoms with E-state index < -0.39 is 10.0 Å². The van der Waals surface area contributed by atoms with Crippen molar-refractivity contribution in [1.82, 2.24) is 24.1 Å². The number of hydrogen-bond donors (Lipinski definition) is 0. The van der Waals surface area contributed by atoms with Gasteiger partial charge in [-0.15, -0.1) is 10.2 Å². The second kappa shape index (κ2) is 5.67. The second-order valence-corrected chi connectivity index (χ2v) is 7.86. The number of aryl methyl sites for hydroxylation is 1. The molecule has 3 aromatic heterocycles. The standard InChI is InChI=1S/C15H17N5O3S/c1-11-13(10-23-18-11)24(21,22)19-7-4-5-12(9-19)15-17-16-14-6-2-3-8-20(14)15/h2-3,6,8,10,12H,4-5,7,9H2,1H3. The third-order valence-electron chi connectivity index (χ3n) is 4.41. The Labute approximate surface area is 139 Å². The van der Waals surface area contributed by atoms with E-state index in [9.17, 15) is 8.42 Å². The quantitative estimate of drug-likeness (QED) is 0.714. The van der Waals surface area contributed by atoms with Gasteiger partial charge in [0, 0.05) is 25.2 Å². The molecule has 0 aromatic carbocycles. The smallest absolute Gasteiger partial charge is 0.248 e. The molecule has 1 saturated heterocycles. The molecule has 1 unspecified atom stereocenters. The maximum atomic E-state index is 12.8. The SMILES string of the molecule is Cc1nocc1S(=O)(=O)N1CCCC(c2nnc3ccccn23)C1. The first-order valence-electron chi connectivity index (χ1n) is 7.78. The van der Waals surface area contributed by atoms with Crippen molar-refractivity contribution in [3.63, 3.8) is 0 Å². The van der Waals surface area contributed by atoms with Crippen molar-refractivity contribution in [3.05, 3.63) is 42.2 Å². The van der Waals surface area contributed by atoms with Crippen molar-refractivity contribution in [3.8, 4) is 0 Å². The van der Waals surface area contributed by atoms with Crippen LogP contribution >= 0.6 is 0 Å². The van der Waals surface area contributed by atoms with Crippen LogP contribution in [0.2, 0.25) is 0 Å². The van der Waals surface area contributed by atoms with E-state index in [0.29, 0.717) is 18.8 Å². The van der Waals surface area contributed by atoms with Crippen molar-refractivity contribution in [1.29, 1.82) is 0 Å². The predicted molar refractivity (Wildman–Crippen MR) is 85.0 cm³/mol. The highest BCUT2D eigenvalue weighted by Crippen LogP contribution is 2.30. The molecule has 1 aliphatic heterocycles. The molecule has 9 heteroatoms. The number of nitrogens with zero attached hydrogens (tertiary/aromatic N) is 5. The average molecular weight is 347 g/mol. The molecule has 126 valence electrons. The summed E-state index contributed by atoms with van der Waals surface area (Å²) < 4.78 is 33.9. The number of piperidine rings is 1. The van der Waals surface area contributed by atoms with Crippen molar-refractivity contribution >= 4 is 15.7 Å². The molecule has 0 radical (unpaired) electrons. The molecule has 1 fully saturated rings. The van der Waals surface area contributed by atoms with Gasteiger partial charge in [-0.2, -0.15) is 4.31 Å². The van der Waals surface area contributed by atoms with Gasteiger partial charge in [0.05, 0.1) is 0 Å². The summed E-state index contributed by atoms with van der Waals surface area (Å²) in [7, 11) is -3.61. The first kappa shape index (κ1) is 15.3. The van der Waals surface area contributed by atoms with E-state index in [4.69, 9.17) is 4.52 Å². The molecule has 0 aliphatic carbocycles. The van der Waals surface area contributed by atoms with Crippen molar-refractivity contribution < 1.29 is 12.9 Å². The highest BCUT2D eigenvalue weighted by molar-refractivity contribution is 7.89. The fourth-order valence-corrected chi connectivity index (χ4v) is 4.78. The Hall–Kier alpha value is -2.26. The van der Waals surface area contributed by atoms with Gasteiger partial charge in [0.15, 0.2) is 5.65 Å². The van der Waals surface area contributed by atoms with Crippen LogP contribution in [0.1, 0.15) is 30.3 Å². The van der Waals surface area contributed by atoms with Gasteiger partial charge in [0.25, 0.3) is 0 Å². The predicted octanol–water partition coefficient (Wildman–Crippen LogP) is 1.59. The third-order valence-corrected chi connectivity index (χ3v) is 6.37. The van der Waals surface area contributed by atoms with E-state index in [1.165, 1.54) is 10.6 Å². The van der Waals surface area contributed by atoms with Gasteiger partial charge in [-0.05, 0) is 31.9 Å². The lowest BCUT2D eigenvalue weighted by Gasteiger charge is -2.30. The molecule has 0 saturated carbocycles. The maximum Gasteiger partial charge on any atom is 0.248 e. The van der Waals surface area contributed by atoms with Crippen LogP contribution in [0.5, 0.6) is 0 Å². The summed E-state index contributed by atoms with van der Waals surface area (Å²) in [6.45, 7) is 2.49. The lowest BCUT2D eigenvalue weighted by molar-refractivity contribution is 0.308. The minimum absolute atomic E-state index is 0.00564. The van der Waals surface area contributed by atoms with Crippen LogP contribution in [-0.2, 0) is 10.0 Å². The topological polar surface area (TPSA) is 93.6 Å². The Morgan fingerprint density at radius 2 is 2.17 bits per heavy atom. The molecular formula is C15H17N5O3S. The van der Waals surface area contributed by atoms with Crippen LogP contribution in [0.25, 0.3) is 5.65 Å². The monoisotopic (exact) mass is 347 g/mol. The zero-order valence-electron chi connectivity index (χ0n) is 13.2. The molecule has 1 atom stereocenters. The highest BCUT2D eigenvalue weighted by Gasteiger charge is 2.34. The number of rotatable bonds is 3. The van der Waals surface area contributed by atoms with E-state index in [-0.39, 0.29) is 10.8 Å². The summed E-state index contributed by atoms with van der Waals surface area (Å²) in [5.41, 5.74) is 1.15. The number of aromatic nitrogens is 4. The van der Waals surface area contributed by atoms with Gasteiger partial charge in [-0.25, -0.2) is 8.42 Å². The Bertz CT molecular complexity index is 978. The minimum atomic E-state index is -3.61. The molecule has 4 rings (SSSR count). The number of fused-ring (bicyclic) bond motifs is 1. The maximum absolute atomic E-state index is 12.8. The van der Waals surface area contributed by atoms with E-state index in [1.54, 1.807) is 6.92 Å². The van der Waals surface area contributed by atoms with E-state index in [1.807, 2.05) is 28.8 Å². The molecule has 0 N–H and O–H groups in total. The average Bonchev–Trinajstić information content (AvgIpc) is 3.21. The van der Waals surface area contributed by atoms with Crippen LogP contribution in [0.3, 0.4) is 0 Å². The van der Waals surface area contributed by atoms with Gasteiger partial charge in [0.1, 0.15) is 22.7 Å². The molecular weight excluding hydrogens is 330 g/mol. The number of sulfonamides is 1. The first-order valence-corrected chi connectivity index (χ1v) is 9.22. The molecule has 0 amide bonds. The van der Waals surface area contributed by atoms with Crippen LogP contribution in [0.4, 0.5) is 0 Å². The Balaban J connectivity index is 1.66. The number of hydrogen-bond acceptors (Lipinski definition) is 6. The van der Waals surface area contributed by atoms with Crippen LogP contribution in [0.15, 0.2) is 40.1 Å². The molecule has 4 heterocycles. The molecule has 24 heavy (non-hydrogen) atoms. The highest BCUT2D eigenvalue weighted by atomic mass is 32.2. The zero-order chi connectivity index (χ0) is 16.7. The number of pyridine rings is 1. The lowest BCUT2D eigenvalue weighted by Crippen LogP contribution is -2.39. The minimum Gasteiger partial charge on any atom is -0.363 e. The zero-order valence-corrected chi connectivity index (χ0v) is 14.0. The fourth-order valence-electron chi connectivity index (χ4n) is 3.18. The Kier molecular flexibility index (Phi) is 3.61. The van der Waals surface area contributed by atoms with Crippen LogP contribution in [-0.4, -0.2) is 45.6 Å². The molecule has 0 spiro atoms. The first-order chi connectivity index (χ1) is 11.6. The Morgan fingerprint density at radius 3 is 2.96 bits per heavy atom. The van der Waals surface area contributed by atoms with Gasteiger partial charge in [-0.1, -0.05) is 11.2 Å². The lowest BCUT2D eigenvalue weighted by atomic mass is 9.99. The van der Waals surface area contributed by atoms with Gasteiger partial charge in [0.2, 0.25) is 10.0 Å². The summed E-state index contributed by atoms with van der Waals surface area (Å²) >= 11 is 0. The summed E-state index contributed by atoms with van der Waals surface area (Å²) in [6, 6.07) is 5.70. The van der Waals surface area contributed by atoms with E-state index >= 15 is 0 Å². The van der Waals surface area contributed by atoms with Crippen molar-refractivity contribution in [2.24, 2.45) is 0 Å². The summed E-state index contributed by atoms with van der Waals surface area (Å²) in [4.78, 5) is 0.134. The normalized spacial score (nSPS) is 19.8. The Morgan fingerprint density at radius 1 is 1.29 bits per heavy atom. The van der Waals surface area contributed by atoms with Gasteiger partial charge in [-0.3, -0.25) is 4.40 Å². The molecule has 3 aromatic rings. The molecule has 0 bridgehead atoms. The molecule has 1 aliphatic rings. The van der Waals surface area contributed by atoms with Crippen molar-refractivity contribution in [2.45, 2.75) is 30.6 Å². The summed E-state index contributed by atoms with van der Waals surface area (Å²) in [5, 5.41) is 12.1. The summed E-state index contributed by atoms with van der Waals surface area (Å²) in [6.07, 6.45) is 4.75. The van der Waals surface area contributed by atoms with Gasteiger partial charge < -0.3 is 4.52 Å². The van der Waals surface area contributed by atoms with Gasteiger partial charge >= 0.3 is 0 Å². The third kappa shape index (κ3) is 2.40. The molecule has 8 nitrogen and oxygen atoms in total. The van der Waals surface area contributed by atoms with Crippen molar-refractivity contribution in [2.75, 3.05) is 13.1 Å². The van der Waals surface area contributed by atoms with Crippen LogP contribution < -0.4 is 0 Å². The largest absolute Gasteiger partial charge is 0.363 e. The van der Waals surface area contributed by atoms with E-state index in [2.05, 4.69) is 15.4 Å². The fraction of sp³-hybridized carbons (Fsp3) is 0.400. The summed E-state index contributed by atoms with van der Waals surface area (Å²) in [5.74, 6) is 0.804. The van der Waals surface area contributed by atoms with Crippen LogP contribution in [0, 0.1) is 6.92 Å². The second-order valence-electron chi connectivity index (χ2n) is 5.95.